The molecular formula is C25H27Cl2NO7S. The predicted molar refractivity (Wildman–Crippen MR) is 135 cm³/mol. The highest BCUT2D eigenvalue weighted by atomic mass is 35.5. The van der Waals surface area contributed by atoms with E-state index in [2.05, 4.69) is 0 Å². The van der Waals surface area contributed by atoms with Crippen LogP contribution in [0.25, 0.3) is 0 Å². The lowest BCUT2D eigenvalue weighted by Gasteiger charge is -2.48. The third kappa shape index (κ3) is 5.70. The number of carbonyl (C=O) groups is 2. The van der Waals surface area contributed by atoms with Gasteiger partial charge in [0, 0.05) is 16.1 Å². The molecule has 0 aliphatic carbocycles. The molecule has 2 aliphatic rings. The monoisotopic (exact) mass is 555 g/mol. The largest absolute Gasteiger partial charge is 0.481 e. The van der Waals surface area contributed by atoms with E-state index in [0.717, 1.165) is 0 Å². The summed E-state index contributed by atoms with van der Waals surface area (Å²) in [5.41, 5.74) is 1.31. The van der Waals surface area contributed by atoms with Gasteiger partial charge in [-0.25, -0.2) is 8.42 Å². The lowest BCUT2D eigenvalue weighted by Crippen LogP contribution is -2.57. The summed E-state index contributed by atoms with van der Waals surface area (Å²) in [4.78, 5) is 26.9. The fourth-order valence-electron chi connectivity index (χ4n) is 4.62. The minimum Gasteiger partial charge on any atom is -0.481 e. The molecule has 2 aliphatic heterocycles. The molecule has 1 unspecified atom stereocenters. The summed E-state index contributed by atoms with van der Waals surface area (Å²) < 4.78 is 37.4. The molecule has 0 aromatic heterocycles. The molecule has 0 bridgehead atoms. The second-order valence-corrected chi connectivity index (χ2v) is 12.2. The number of sulfone groups is 1. The summed E-state index contributed by atoms with van der Waals surface area (Å²) in [6.07, 6.45) is -2.31. The van der Waals surface area contributed by atoms with E-state index in [9.17, 15) is 23.1 Å². The van der Waals surface area contributed by atoms with Crippen molar-refractivity contribution >= 4 is 44.9 Å². The fourth-order valence-corrected chi connectivity index (χ4v) is 6.76. The topological polar surface area (TPSA) is 110 Å². The number of halogens is 2. The van der Waals surface area contributed by atoms with Crippen molar-refractivity contribution in [3.8, 4) is 0 Å². The SMILES string of the molecule is CCC(CS(=O)(=O)C1COC1)N1C(=O)[C@H](CC(=O)O)O[C@H](c2cccc(Cl)c2)[C@H]1c1ccc(Cl)cc1. The Labute approximate surface area is 220 Å². The van der Waals surface area contributed by atoms with Gasteiger partial charge in [0.2, 0.25) is 0 Å². The van der Waals surface area contributed by atoms with Gasteiger partial charge in [-0.3, -0.25) is 9.59 Å². The number of rotatable bonds is 9. The number of carboxylic acid groups (broad SMARTS) is 1. The van der Waals surface area contributed by atoms with Crippen molar-refractivity contribution in [3.05, 3.63) is 69.7 Å². The minimum atomic E-state index is -3.57. The molecule has 0 spiro atoms. The zero-order valence-corrected chi connectivity index (χ0v) is 21.9. The van der Waals surface area contributed by atoms with Crippen LogP contribution in [0.1, 0.15) is 43.0 Å². The molecule has 2 heterocycles. The first-order valence-electron chi connectivity index (χ1n) is 11.6. The van der Waals surface area contributed by atoms with Crippen LogP contribution in [0.5, 0.6) is 0 Å². The second kappa shape index (κ2) is 11.1. The van der Waals surface area contributed by atoms with Gasteiger partial charge in [-0.15, -0.1) is 0 Å². The van der Waals surface area contributed by atoms with Crippen LogP contribution in [0, 0.1) is 0 Å². The second-order valence-electron chi connectivity index (χ2n) is 8.99. The first-order valence-corrected chi connectivity index (χ1v) is 14.1. The molecule has 0 saturated carbocycles. The van der Waals surface area contributed by atoms with Crippen molar-refractivity contribution in [1.82, 2.24) is 4.90 Å². The summed E-state index contributed by atoms with van der Waals surface area (Å²) in [5, 5.41) is 9.81. The molecule has 0 radical (unpaired) electrons. The summed E-state index contributed by atoms with van der Waals surface area (Å²) in [5.74, 6) is -2.03. The number of hydrogen-bond donors (Lipinski definition) is 1. The first-order chi connectivity index (χ1) is 17.1. The standard InChI is InChI=1S/C25H27Cl2NO7S/c1-2-19(14-36(32,33)20-12-34-13-20)28-23(15-6-8-17(26)9-7-15)24(16-4-3-5-18(27)10-16)35-21(25(28)31)11-22(29)30/h3-10,19-21,23-24H,2,11-14H2,1H3,(H,29,30)/t19?,21-,23+,24+/m0/s1. The van der Waals surface area contributed by atoms with Gasteiger partial charge in [0.1, 0.15) is 17.5 Å². The van der Waals surface area contributed by atoms with Crippen LogP contribution >= 0.6 is 23.2 Å². The molecule has 2 aromatic rings. The lowest BCUT2D eigenvalue weighted by atomic mass is 9.89. The summed E-state index contributed by atoms with van der Waals surface area (Å²) in [6.45, 7) is 2.06. The van der Waals surface area contributed by atoms with Crippen LogP contribution in [0.4, 0.5) is 0 Å². The number of nitrogens with zero attached hydrogens (tertiary/aromatic N) is 1. The van der Waals surface area contributed by atoms with Crippen molar-refractivity contribution in [2.75, 3.05) is 19.0 Å². The van der Waals surface area contributed by atoms with Crippen molar-refractivity contribution < 1.29 is 32.6 Å². The molecule has 2 aromatic carbocycles. The highest BCUT2D eigenvalue weighted by Gasteiger charge is 2.48. The van der Waals surface area contributed by atoms with Crippen molar-refractivity contribution in [2.45, 2.75) is 49.3 Å². The van der Waals surface area contributed by atoms with Crippen LogP contribution in [0.15, 0.2) is 48.5 Å². The Bertz CT molecular complexity index is 1220. The van der Waals surface area contributed by atoms with Crippen molar-refractivity contribution in [1.29, 1.82) is 0 Å². The van der Waals surface area contributed by atoms with E-state index in [-0.39, 0.29) is 19.0 Å². The Morgan fingerprint density at radius 1 is 1.11 bits per heavy atom. The summed E-state index contributed by atoms with van der Waals surface area (Å²) >= 11 is 12.4. The molecule has 1 N–H and O–H groups in total. The number of hydrogen-bond acceptors (Lipinski definition) is 6. The van der Waals surface area contributed by atoms with E-state index >= 15 is 0 Å². The van der Waals surface area contributed by atoms with Gasteiger partial charge in [0.15, 0.2) is 9.84 Å². The average molecular weight is 556 g/mol. The van der Waals surface area contributed by atoms with Crippen LogP contribution in [0.3, 0.4) is 0 Å². The third-order valence-corrected chi connectivity index (χ3v) is 9.21. The van der Waals surface area contributed by atoms with Gasteiger partial charge in [-0.2, -0.15) is 0 Å². The molecule has 2 fully saturated rings. The number of benzene rings is 2. The molecule has 4 atom stereocenters. The van der Waals surface area contributed by atoms with E-state index in [1.165, 1.54) is 4.90 Å². The number of carboxylic acids is 1. The highest BCUT2D eigenvalue weighted by Crippen LogP contribution is 2.45. The van der Waals surface area contributed by atoms with Crippen LogP contribution in [0.2, 0.25) is 10.0 Å². The molecule has 4 rings (SSSR count). The smallest absolute Gasteiger partial charge is 0.306 e. The van der Waals surface area contributed by atoms with E-state index in [1.54, 1.807) is 55.5 Å². The van der Waals surface area contributed by atoms with Crippen LogP contribution in [-0.2, 0) is 28.9 Å². The molecule has 8 nitrogen and oxygen atoms in total. The Hall–Kier alpha value is -2.17. The normalized spacial score (nSPS) is 23.8. The Morgan fingerprint density at radius 2 is 1.81 bits per heavy atom. The first kappa shape index (κ1) is 26.9. The number of amides is 1. The number of morpholine rings is 1. The third-order valence-electron chi connectivity index (χ3n) is 6.58. The highest BCUT2D eigenvalue weighted by molar-refractivity contribution is 7.92. The maximum absolute atomic E-state index is 13.8. The van der Waals surface area contributed by atoms with Crippen molar-refractivity contribution in [2.24, 2.45) is 0 Å². The Kier molecular flexibility index (Phi) is 8.26. The van der Waals surface area contributed by atoms with Crippen LogP contribution < -0.4 is 0 Å². The quantitative estimate of drug-likeness (QED) is 0.496. The number of aliphatic carboxylic acids is 1. The van der Waals surface area contributed by atoms with Gasteiger partial charge < -0.3 is 19.5 Å². The maximum atomic E-state index is 13.8. The van der Waals surface area contributed by atoms with Gasteiger partial charge in [0.25, 0.3) is 5.91 Å². The Balaban J connectivity index is 1.83. The average Bonchev–Trinajstić information content (AvgIpc) is 2.77. The molecule has 11 heteroatoms. The Morgan fingerprint density at radius 3 is 2.36 bits per heavy atom. The minimum absolute atomic E-state index is 0.128. The molecule has 194 valence electrons. The predicted octanol–water partition coefficient (Wildman–Crippen LogP) is 4.07. The molecule has 36 heavy (non-hydrogen) atoms. The van der Waals surface area contributed by atoms with Gasteiger partial charge in [0.05, 0.1) is 31.4 Å². The molecular weight excluding hydrogens is 529 g/mol. The fraction of sp³-hybridized carbons (Fsp3) is 0.440. The molecule has 2 saturated heterocycles. The molecule has 1 amide bonds. The van der Waals surface area contributed by atoms with Gasteiger partial charge >= 0.3 is 5.97 Å². The van der Waals surface area contributed by atoms with Gasteiger partial charge in [-0.05, 0) is 41.8 Å². The zero-order chi connectivity index (χ0) is 26.0. The van der Waals surface area contributed by atoms with E-state index in [0.29, 0.717) is 27.6 Å². The summed E-state index contributed by atoms with van der Waals surface area (Å²) in [7, 11) is -3.57. The number of ether oxygens (including phenoxy) is 2. The van der Waals surface area contributed by atoms with E-state index < -0.39 is 57.7 Å². The number of carbonyl (C=O) groups excluding carboxylic acids is 1. The van der Waals surface area contributed by atoms with E-state index in [1.807, 2.05) is 0 Å². The zero-order valence-electron chi connectivity index (χ0n) is 19.5. The van der Waals surface area contributed by atoms with Gasteiger partial charge in [-0.1, -0.05) is 54.4 Å². The maximum Gasteiger partial charge on any atom is 0.306 e. The lowest BCUT2D eigenvalue weighted by molar-refractivity contribution is -0.182. The van der Waals surface area contributed by atoms with E-state index in [4.69, 9.17) is 32.7 Å². The summed E-state index contributed by atoms with van der Waals surface area (Å²) in [6, 6.07) is 12.3. The van der Waals surface area contributed by atoms with Crippen molar-refractivity contribution in [3.63, 3.8) is 0 Å². The van der Waals surface area contributed by atoms with Crippen LogP contribution in [-0.4, -0.2) is 66.7 Å².